The molecule has 1 spiro atoms. The van der Waals surface area contributed by atoms with Crippen LogP contribution in [0.15, 0.2) is 24.3 Å². The molecule has 1 amide bonds. The zero-order chi connectivity index (χ0) is 19.8. The molecule has 0 radical (unpaired) electrons. The van der Waals surface area contributed by atoms with Crippen molar-refractivity contribution in [3.63, 3.8) is 0 Å². The van der Waals surface area contributed by atoms with E-state index in [2.05, 4.69) is 4.90 Å². The quantitative estimate of drug-likeness (QED) is 0.715. The molecule has 0 aliphatic carbocycles. The number of rotatable bonds is 5. The smallest absolute Gasteiger partial charge is 0.260 e. The highest BCUT2D eigenvalue weighted by Gasteiger charge is 2.62. The minimum absolute atomic E-state index is 0.0618. The highest BCUT2D eigenvalue weighted by atomic mass is 32.2. The summed E-state index contributed by atoms with van der Waals surface area (Å²) >= 11 is 0. The van der Waals surface area contributed by atoms with E-state index in [0.29, 0.717) is 38.5 Å². The van der Waals surface area contributed by atoms with Crippen LogP contribution in [0.25, 0.3) is 0 Å². The van der Waals surface area contributed by atoms with Crippen LogP contribution in [0.4, 0.5) is 0 Å². The van der Waals surface area contributed by atoms with E-state index in [0.717, 1.165) is 25.2 Å². The third kappa shape index (κ3) is 3.65. The predicted octanol–water partition coefficient (Wildman–Crippen LogP) is 0.722. The normalized spacial score (nSPS) is 26.2. The number of sulfone groups is 1. The molecule has 7 nitrogen and oxygen atoms in total. The van der Waals surface area contributed by atoms with Crippen LogP contribution in [0.3, 0.4) is 0 Å². The Hall–Kier alpha value is -1.64. The van der Waals surface area contributed by atoms with E-state index in [-0.39, 0.29) is 24.2 Å². The summed E-state index contributed by atoms with van der Waals surface area (Å²) in [5.41, 5.74) is 1.07. The molecule has 3 aliphatic heterocycles. The zero-order valence-corrected chi connectivity index (χ0v) is 17.1. The number of hydrogen-bond donors (Lipinski definition) is 0. The van der Waals surface area contributed by atoms with Gasteiger partial charge in [0.15, 0.2) is 16.4 Å². The molecule has 0 N–H and O–H groups in total. The average Bonchev–Trinajstić information content (AvgIpc) is 2.90. The zero-order valence-electron chi connectivity index (χ0n) is 16.3. The van der Waals surface area contributed by atoms with Crippen molar-refractivity contribution >= 4 is 15.7 Å². The van der Waals surface area contributed by atoms with Gasteiger partial charge in [-0.15, -0.1) is 0 Å². The summed E-state index contributed by atoms with van der Waals surface area (Å²) in [5.74, 6) is 0.808. The first-order chi connectivity index (χ1) is 13.4. The summed E-state index contributed by atoms with van der Waals surface area (Å²) in [6.45, 7) is 6.35. The first-order valence-corrected chi connectivity index (χ1v) is 11.5. The number of benzene rings is 1. The molecule has 0 bridgehead atoms. The Morgan fingerprint density at radius 1 is 1.29 bits per heavy atom. The van der Waals surface area contributed by atoms with E-state index >= 15 is 0 Å². The molecule has 3 fully saturated rings. The lowest BCUT2D eigenvalue weighted by molar-refractivity contribution is -0.139. The molecule has 0 saturated carbocycles. The van der Waals surface area contributed by atoms with Crippen molar-refractivity contribution in [2.24, 2.45) is 5.92 Å². The molecule has 1 unspecified atom stereocenters. The molecular weight excluding hydrogens is 380 g/mol. The average molecular weight is 409 g/mol. The summed E-state index contributed by atoms with van der Waals surface area (Å²) in [4.78, 5) is 16.4. The molecule has 4 rings (SSSR count). The highest BCUT2D eigenvalue weighted by Crippen LogP contribution is 2.45. The SMILES string of the molecule is Cc1cccc(OCC(=O)N2CC3(C2)C(CN2CCOCC2)CCS3(=O)=O)c1. The Balaban J connectivity index is 1.36. The van der Waals surface area contributed by atoms with Crippen LogP contribution >= 0.6 is 0 Å². The second kappa shape index (κ2) is 7.65. The van der Waals surface area contributed by atoms with Gasteiger partial charge in [0, 0.05) is 32.7 Å². The van der Waals surface area contributed by atoms with Gasteiger partial charge in [0.25, 0.3) is 5.91 Å². The number of morpholine rings is 1. The van der Waals surface area contributed by atoms with Crippen molar-refractivity contribution in [1.29, 1.82) is 0 Å². The highest BCUT2D eigenvalue weighted by molar-refractivity contribution is 7.93. The van der Waals surface area contributed by atoms with Gasteiger partial charge in [-0.2, -0.15) is 0 Å². The van der Waals surface area contributed by atoms with Crippen LogP contribution in [0.2, 0.25) is 0 Å². The van der Waals surface area contributed by atoms with Gasteiger partial charge < -0.3 is 14.4 Å². The van der Waals surface area contributed by atoms with E-state index in [4.69, 9.17) is 9.47 Å². The Morgan fingerprint density at radius 2 is 2.04 bits per heavy atom. The lowest BCUT2D eigenvalue weighted by Crippen LogP contribution is -2.70. The van der Waals surface area contributed by atoms with Gasteiger partial charge in [-0.05, 0) is 37.0 Å². The summed E-state index contributed by atoms with van der Waals surface area (Å²) in [6, 6.07) is 7.55. The topological polar surface area (TPSA) is 76.2 Å². The monoisotopic (exact) mass is 408 g/mol. The molecule has 154 valence electrons. The molecule has 3 saturated heterocycles. The van der Waals surface area contributed by atoms with E-state index in [1.807, 2.05) is 31.2 Å². The van der Waals surface area contributed by atoms with E-state index in [9.17, 15) is 13.2 Å². The fourth-order valence-corrected chi connectivity index (χ4v) is 6.95. The molecular formula is C20H28N2O5S. The molecule has 1 aromatic rings. The lowest BCUT2D eigenvalue weighted by atomic mass is 9.82. The Morgan fingerprint density at radius 3 is 2.75 bits per heavy atom. The van der Waals surface area contributed by atoms with E-state index in [1.165, 1.54) is 0 Å². The third-order valence-electron chi connectivity index (χ3n) is 6.30. The molecule has 8 heteroatoms. The van der Waals surface area contributed by atoms with Crippen molar-refractivity contribution in [3.05, 3.63) is 29.8 Å². The standard InChI is InChI=1S/C20H28N2O5S/c1-16-3-2-4-18(11-16)27-13-19(23)22-14-20(15-22)17(5-10-28(20,24)25)12-21-6-8-26-9-7-21/h2-4,11,17H,5-10,12-15H2,1H3. The number of carbonyl (C=O) groups is 1. The van der Waals surface area contributed by atoms with Crippen LogP contribution in [-0.4, -0.2) is 87.2 Å². The summed E-state index contributed by atoms with van der Waals surface area (Å²) in [6.07, 6.45) is 0.682. The maximum absolute atomic E-state index is 12.8. The van der Waals surface area contributed by atoms with E-state index in [1.54, 1.807) is 4.90 Å². The first-order valence-electron chi connectivity index (χ1n) is 9.89. The molecule has 3 heterocycles. The van der Waals surface area contributed by atoms with Crippen LogP contribution in [0.1, 0.15) is 12.0 Å². The molecule has 28 heavy (non-hydrogen) atoms. The molecule has 1 atom stereocenters. The maximum Gasteiger partial charge on any atom is 0.260 e. The molecule has 3 aliphatic rings. The van der Waals surface area contributed by atoms with Crippen LogP contribution < -0.4 is 4.74 Å². The van der Waals surface area contributed by atoms with Gasteiger partial charge in [0.05, 0.1) is 19.0 Å². The Kier molecular flexibility index (Phi) is 5.37. The van der Waals surface area contributed by atoms with Gasteiger partial charge in [-0.3, -0.25) is 9.69 Å². The van der Waals surface area contributed by atoms with Crippen LogP contribution in [0.5, 0.6) is 5.75 Å². The third-order valence-corrected chi connectivity index (χ3v) is 8.91. The second-order valence-corrected chi connectivity index (χ2v) is 10.6. The summed E-state index contributed by atoms with van der Waals surface area (Å²) in [5, 5.41) is 0. The van der Waals surface area contributed by atoms with Gasteiger partial charge in [-0.1, -0.05) is 12.1 Å². The van der Waals surface area contributed by atoms with Crippen molar-refractivity contribution in [1.82, 2.24) is 9.80 Å². The number of ether oxygens (including phenoxy) is 2. The minimum Gasteiger partial charge on any atom is -0.484 e. The lowest BCUT2D eigenvalue weighted by Gasteiger charge is -2.50. The van der Waals surface area contributed by atoms with Crippen LogP contribution in [-0.2, 0) is 19.4 Å². The number of amides is 1. The van der Waals surface area contributed by atoms with Gasteiger partial charge in [0.1, 0.15) is 10.5 Å². The predicted molar refractivity (Wildman–Crippen MR) is 105 cm³/mol. The first kappa shape index (κ1) is 19.7. The fourth-order valence-electron chi connectivity index (χ4n) is 4.54. The number of nitrogens with zero attached hydrogens (tertiary/aromatic N) is 2. The van der Waals surface area contributed by atoms with Crippen molar-refractivity contribution in [2.45, 2.75) is 18.1 Å². The van der Waals surface area contributed by atoms with E-state index < -0.39 is 14.6 Å². The van der Waals surface area contributed by atoms with Crippen molar-refractivity contribution < 1.29 is 22.7 Å². The largest absolute Gasteiger partial charge is 0.484 e. The number of carbonyl (C=O) groups excluding carboxylic acids is 1. The minimum atomic E-state index is -3.18. The molecule has 1 aromatic carbocycles. The summed E-state index contributed by atoms with van der Waals surface area (Å²) in [7, 11) is -3.18. The van der Waals surface area contributed by atoms with Gasteiger partial charge in [0.2, 0.25) is 0 Å². The fraction of sp³-hybridized carbons (Fsp3) is 0.650. The van der Waals surface area contributed by atoms with Crippen molar-refractivity contribution in [3.8, 4) is 5.75 Å². The number of likely N-dealkylation sites (tertiary alicyclic amines) is 1. The van der Waals surface area contributed by atoms with Crippen molar-refractivity contribution in [2.75, 3.05) is 58.3 Å². The Bertz CT molecular complexity index is 829. The second-order valence-electron chi connectivity index (χ2n) is 8.14. The number of hydrogen-bond acceptors (Lipinski definition) is 6. The van der Waals surface area contributed by atoms with Gasteiger partial charge >= 0.3 is 0 Å². The summed E-state index contributed by atoms with van der Waals surface area (Å²) < 4.78 is 35.8. The Labute approximate surface area is 166 Å². The maximum atomic E-state index is 12.8. The van der Waals surface area contributed by atoms with Crippen LogP contribution in [0, 0.1) is 12.8 Å². The molecule has 0 aromatic heterocycles. The number of aryl methyl sites for hydroxylation is 1. The van der Waals surface area contributed by atoms with Gasteiger partial charge in [-0.25, -0.2) is 8.42 Å².